The zero-order valence-corrected chi connectivity index (χ0v) is 7.18. The van der Waals surface area contributed by atoms with Crippen LogP contribution in [-0.2, 0) is 4.74 Å². The highest BCUT2D eigenvalue weighted by atomic mass is 16.5. The van der Waals surface area contributed by atoms with Crippen molar-refractivity contribution in [2.75, 3.05) is 6.61 Å². The normalized spacial score (nSPS) is 31.9. The first-order chi connectivity index (χ1) is 5.24. The zero-order valence-electron chi connectivity index (χ0n) is 7.18. The van der Waals surface area contributed by atoms with Gasteiger partial charge in [0.1, 0.15) is 0 Å². The molecule has 1 heteroatoms. The van der Waals surface area contributed by atoms with E-state index in [0.29, 0.717) is 12.0 Å². The largest absolute Gasteiger partial charge is 0.377 e. The fraction of sp³-hybridized carbons (Fsp3) is 0.600. The minimum atomic E-state index is 0.344. The molecule has 1 aliphatic rings. The molecule has 0 aromatic carbocycles. The maximum absolute atomic E-state index is 5.57. The Morgan fingerprint density at radius 3 is 3.00 bits per heavy atom. The first-order valence-electron chi connectivity index (χ1n) is 4.14. The summed E-state index contributed by atoms with van der Waals surface area (Å²) in [5, 5.41) is 0. The van der Waals surface area contributed by atoms with Crippen LogP contribution in [0.15, 0.2) is 24.8 Å². The van der Waals surface area contributed by atoms with Gasteiger partial charge in [0.25, 0.3) is 0 Å². The molecule has 11 heavy (non-hydrogen) atoms. The highest BCUT2D eigenvalue weighted by molar-refractivity contribution is 5.04. The van der Waals surface area contributed by atoms with Crippen LogP contribution in [0, 0.1) is 5.92 Å². The van der Waals surface area contributed by atoms with Crippen molar-refractivity contribution in [2.24, 2.45) is 5.92 Å². The van der Waals surface area contributed by atoms with E-state index in [1.165, 1.54) is 5.57 Å². The first-order valence-corrected chi connectivity index (χ1v) is 4.14. The van der Waals surface area contributed by atoms with Crippen LogP contribution in [0.5, 0.6) is 0 Å². The average Bonchev–Trinajstić information content (AvgIpc) is 1.98. The van der Waals surface area contributed by atoms with Gasteiger partial charge in [-0.1, -0.05) is 25.2 Å². The van der Waals surface area contributed by atoms with Crippen molar-refractivity contribution in [3.63, 3.8) is 0 Å². The molecule has 2 unspecified atom stereocenters. The summed E-state index contributed by atoms with van der Waals surface area (Å²) in [7, 11) is 0. The smallest absolute Gasteiger partial charge is 0.0646 e. The molecule has 0 N–H and O–H groups in total. The van der Waals surface area contributed by atoms with Crippen LogP contribution in [0.2, 0.25) is 0 Å². The van der Waals surface area contributed by atoms with Crippen molar-refractivity contribution < 1.29 is 4.74 Å². The van der Waals surface area contributed by atoms with Crippen LogP contribution in [0.1, 0.15) is 19.8 Å². The number of hydrogen-bond donors (Lipinski definition) is 0. The van der Waals surface area contributed by atoms with Gasteiger partial charge in [0.15, 0.2) is 0 Å². The van der Waals surface area contributed by atoms with Gasteiger partial charge in [0.05, 0.1) is 12.7 Å². The maximum atomic E-state index is 5.57. The summed E-state index contributed by atoms with van der Waals surface area (Å²) in [6.45, 7) is 10.7. The van der Waals surface area contributed by atoms with E-state index in [1.807, 2.05) is 6.08 Å². The zero-order chi connectivity index (χ0) is 8.27. The number of hydrogen-bond acceptors (Lipinski definition) is 1. The lowest BCUT2D eigenvalue weighted by molar-refractivity contribution is 0.0164. The van der Waals surface area contributed by atoms with Gasteiger partial charge in [-0.15, -0.1) is 6.58 Å². The monoisotopic (exact) mass is 152 g/mol. The summed E-state index contributed by atoms with van der Waals surface area (Å²) in [4.78, 5) is 0. The molecule has 1 fully saturated rings. The second-order valence-electron chi connectivity index (χ2n) is 3.24. The summed E-state index contributed by atoms with van der Waals surface area (Å²) < 4.78 is 5.57. The Balaban J connectivity index is 2.39. The van der Waals surface area contributed by atoms with E-state index < -0.39 is 0 Å². The summed E-state index contributed by atoms with van der Waals surface area (Å²) in [5.74, 6) is 0.538. The van der Waals surface area contributed by atoms with E-state index >= 15 is 0 Å². The van der Waals surface area contributed by atoms with Crippen LogP contribution in [0.25, 0.3) is 0 Å². The van der Waals surface area contributed by atoms with Crippen LogP contribution >= 0.6 is 0 Å². The minimum absolute atomic E-state index is 0.344. The minimum Gasteiger partial charge on any atom is -0.377 e. The van der Waals surface area contributed by atoms with Crippen molar-refractivity contribution in [3.8, 4) is 0 Å². The summed E-state index contributed by atoms with van der Waals surface area (Å²) in [6, 6.07) is 0. The SMILES string of the molecule is C=CCC1CC(=C)C(C)CO1. The van der Waals surface area contributed by atoms with Crippen molar-refractivity contribution in [1.29, 1.82) is 0 Å². The molecule has 1 heterocycles. The van der Waals surface area contributed by atoms with Gasteiger partial charge in [-0.25, -0.2) is 0 Å². The van der Waals surface area contributed by atoms with Crippen LogP contribution in [-0.4, -0.2) is 12.7 Å². The molecule has 0 radical (unpaired) electrons. The van der Waals surface area contributed by atoms with Gasteiger partial charge in [0, 0.05) is 5.92 Å². The Morgan fingerprint density at radius 1 is 1.73 bits per heavy atom. The molecule has 0 spiro atoms. The highest BCUT2D eigenvalue weighted by Gasteiger charge is 2.20. The van der Waals surface area contributed by atoms with E-state index in [1.54, 1.807) is 0 Å². The lowest BCUT2D eigenvalue weighted by Crippen LogP contribution is -2.25. The molecule has 1 rings (SSSR count). The van der Waals surface area contributed by atoms with Gasteiger partial charge < -0.3 is 4.74 Å². The molecule has 0 aromatic rings. The van der Waals surface area contributed by atoms with E-state index in [-0.39, 0.29) is 0 Å². The molecule has 62 valence electrons. The summed E-state index contributed by atoms with van der Waals surface area (Å²) in [6.07, 6.45) is 4.21. The molecule has 0 aliphatic carbocycles. The Hall–Kier alpha value is -0.560. The van der Waals surface area contributed by atoms with Gasteiger partial charge in [-0.3, -0.25) is 0 Å². The Bertz CT molecular complexity index is 160. The predicted octanol–water partition coefficient (Wildman–Crippen LogP) is 2.54. The van der Waals surface area contributed by atoms with Crippen LogP contribution in [0.4, 0.5) is 0 Å². The Morgan fingerprint density at radius 2 is 2.45 bits per heavy atom. The second kappa shape index (κ2) is 3.72. The van der Waals surface area contributed by atoms with Crippen LogP contribution in [0.3, 0.4) is 0 Å². The van der Waals surface area contributed by atoms with E-state index in [9.17, 15) is 0 Å². The average molecular weight is 152 g/mol. The molecule has 0 saturated carbocycles. The Labute approximate surface area is 68.8 Å². The van der Waals surface area contributed by atoms with E-state index in [4.69, 9.17) is 4.74 Å². The third kappa shape index (κ3) is 2.19. The third-order valence-corrected chi connectivity index (χ3v) is 2.20. The van der Waals surface area contributed by atoms with Crippen LogP contribution < -0.4 is 0 Å². The fourth-order valence-corrected chi connectivity index (χ4v) is 1.29. The fourth-order valence-electron chi connectivity index (χ4n) is 1.29. The lowest BCUT2D eigenvalue weighted by Gasteiger charge is -2.28. The van der Waals surface area contributed by atoms with E-state index in [2.05, 4.69) is 20.1 Å². The molecule has 1 nitrogen and oxygen atoms in total. The van der Waals surface area contributed by atoms with E-state index in [0.717, 1.165) is 19.4 Å². The van der Waals surface area contributed by atoms with Gasteiger partial charge >= 0.3 is 0 Å². The predicted molar refractivity (Wildman–Crippen MR) is 47.5 cm³/mol. The number of rotatable bonds is 2. The van der Waals surface area contributed by atoms with Gasteiger partial charge in [0.2, 0.25) is 0 Å². The van der Waals surface area contributed by atoms with Gasteiger partial charge in [-0.2, -0.15) is 0 Å². The maximum Gasteiger partial charge on any atom is 0.0646 e. The van der Waals surface area contributed by atoms with Crippen molar-refractivity contribution in [2.45, 2.75) is 25.9 Å². The summed E-state index contributed by atoms with van der Waals surface area (Å²) >= 11 is 0. The molecule has 2 atom stereocenters. The third-order valence-electron chi connectivity index (χ3n) is 2.20. The van der Waals surface area contributed by atoms with Crippen molar-refractivity contribution in [1.82, 2.24) is 0 Å². The second-order valence-corrected chi connectivity index (χ2v) is 3.24. The van der Waals surface area contributed by atoms with Crippen molar-refractivity contribution >= 4 is 0 Å². The molecule has 1 saturated heterocycles. The summed E-state index contributed by atoms with van der Waals surface area (Å²) in [5.41, 5.74) is 1.32. The quantitative estimate of drug-likeness (QED) is 0.552. The lowest BCUT2D eigenvalue weighted by atomic mass is 9.94. The first kappa shape index (κ1) is 8.54. The molecule has 0 bridgehead atoms. The molecule has 0 aromatic heterocycles. The standard InChI is InChI=1S/C10H16O/c1-4-5-10-6-8(2)9(3)7-11-10/h4,9-10H,1-2,5-7H2,3H3. The topological polar surface area (TPSA) is 9.23 Å². The number of ether oxygens (including phenoxy) is 1. The van der Waals surface area contributed by atoms with Gasteiger partial charge in [-0.05, 0) is 12.8 Å². The molecule has 1 aliphatic heterocycles. The molecular weight excluding hydrogens is 136 g/mol. The Kier molecular flexibility index (Phi) is 2.89. The highest BCUT2D eigenvalue weighted by Crippen LogP contribution is 2.24. The molecular formula is C10H16O. The van der Waals surface area contributed by atoms with Crippen molar-refractivity contribution in [3.05, 3.63) is 24.8 Å². The molecule has 0 amide bonds.